The van der Waals surface area contributed by atoms with E-state index in [0.717, 1.165) is 17.0 Å². The van der Waals surface area contributed by atoms with Gasteiger partial charge in [0, 0.05) is 12.2 Å². The van der Waals surface area contributed by atoms with E-state index < -0.39 is 5.97 Å². The number of anilines is 1. The number of benzene rings is 1. The van der Waals surface area contributed by atoms with Crippen LogP contribution in [0.4, 0.5) is 5.69 Å². The number of carboxylic acid groups (broad SMARTS) is 1. The third kappa shape index (κ3) is 2.54. The zero-order valence-corrected chi connectivity index (χ0v) is 11.0. The fraction of sp³-hybridized carbons (Fsp3) is 0.429. The molecule has 1 aliphatic rings. The maximum atomic E-state index is 12.1. The Labute approximate surface area is 111 Å². The van der Waals surface area contributed by atoms with Crippen molar-refractivity contribution in [2.45, 2.75) is 26.2 Å². The van der Waals surface area contributed by atoms with Gasteiger partial charge in [-0.1, -0.05) is 0 Å². The molecule has 5 nitrogen and oxygen atoms in total. The number of carbonyl (C=O) groups is 2. The lowest BCUT2D eigenvalue weighted by atomic mass is 10.0. The van der Waals surface area contributed by atoms with Gasteiger partial charge in [0.15, 0.2) is 0 Å². The van der Waals surface area contributed by atoms with Crippen LogP contribution >= 0.6 is 0 Å². The number of rotatable bonds is 5. The average molecular weight is 263 g/mol. The van der Waals surface area contributed by atoms with Crippen LogP contribution in [-0.2, 0) is 9.59 Å². The Morgan fingerprint density at radius 3 is 2.84 bits per heavy atom. The van der Waals surface area contributed by atoms with E-state index in [0.29, 0.717) is 6.61 Å². The highest BCUT2D eigenvalue weighted by molar-refractivity contribution is 6.05. The highest BCUT2D eigenvalue weighted by Crippen LogP contribution is 2.39. The molecule has 1 heterocycles. The number of hydrogen-bond donors (Lipinski definition) is 1. The van der Waals surface area contributed by atoms with Gasteiger partial charge in [0.05, 0.1) is 18.9 Å². The third-order valence-corrected chi connectivity index (χ3v) is 3.25. The lowest BCUT2D eigenvalue weighted by molar-refractivity contribution is -0.136. The van der Waals surface area contributed by atoms with Crippen LogP contribution in [0.3, 0.4) is 0 Å². The Bertz CT molecular complexity index is 512. The first kappa shape index (κ1) is 13.4. The number of hydrogen-bond acceptors (Lipinski definition) is 3. The predicted molar refractivity (Wildman–Crippen MR) is 70.6 cm³/mol. The third-order valence-electron chi connectivity index (χ3n) is 3.25. The standard InChI is InChI=1S/C14H17NO4/c1-3-19-10-4-5-12-11(8-10)9(2)14(18)15(12)7-6-13(16)17/h4-5,8-9H,3,6-7H2,1-2H3,(H,16,17). The predicted octanol–water partition coefficient (Wildman–Crippen LogP) is 2.01. The Kier molecular flexibility index (Phi) is 3.74. The molecule has 0 aromatic heterocycles. The largest absolute Gasteiger partial charge is 0.494 e. The van der Waals surface area contributed by atoms with Crippen LogP contribution < -0.4 is 9.64 Å². The summed E-state index contributed by atoms with van der Waals surface area (Å²) < 4.78 is 5.42. The summed E-state index contributed by atoms with van der Waals surface area (Å²) in [4.78, 5) is 24.3. The summed E-state index contributed by atoms with van der Waals surface area (Å²) in [6, 6.07) is 5.49. The Morgan fingerprint density at radius 2 is 2.21 bits per heavy atom. The van der Waals surface area contributed by atoms with Crippen molar-refractivity contribution in [3.05, 3.63) is 23.8 Å². The van der Waals surface area contributed by atoms with E-state index in [1.165, 1.54) is 0 Å². The van der Waals surface area contributed by atoms with Crippen LogP contribution in [-0.4, -0.2) is 30.1 Å². The number of carbonyl (C=O) groups excluding carboxylic acids is 1. The van der Waals surface area contributed by atoms with Crippen molar-refractivity contribution >= 4 is 17.6 Å². The molecule has 102 valence electrons. The molecule has 1 aromatic rings. The van der Waals surface area contributed by atoms with E-state index in [9.17, 15) is 9.59 Å². The summed E-state index contributed by atoms with van der Waals surface area (Å²) in [7, 11) is 0. The Morgan fingerprint density at radius 1 is 1.47 bits per heavy atom. The molecule has 1 N–H and O–H groups in total. The van der Waals surface area contributed by atoms with Gasteiger partial charge in [-0.25, -0.2) is 0 Å². The van der Waals surface area contributed by atoms with E-state index in [4.69, 9.17) is 9.84 Å². The van der Waals surface area contributed by atoms with Gasteiger partial charge in [-0.15, -0.1) is 0 Å². The number of fused-ring (bicyclic) bond motifs is 1. The highest BCUT2D eigenvalue weighted by Gasteiger charge is 2.34. The van der Waals surface area contributed by atoms with Crippen LogP contribution in [0.2, 0.25) is 0 Å². The first-order chi connectivity index (χ1) is 9.04. The van der Waals surface area contributed by atoms with E-state index in [1.807, 2.05) is 26.0 Å². The number of amides is 1. The van der Waals surface area contributed by atoms with Gasteiger partial charge in [-0.3, -0.25) is 9.59 Å². The summed E-state index contributed by atoms with van der Waals surface area (Å²) in [6.45, 7) is 4.52. The van der Waals surface area contributed by atoms with Crippen LogP contribution in [0.25, 0.3) is 0 Å². The number of carboxylic acids is 1. The van der Waals surface area contributed by atoms with Crippen LogP contribution in [0.5, 0.6) is 5.75 Å². The van der Waals surface area contributed by atoms with Crippen molar-refractivity contribution < 1.29 is 19.4 Å². The van der Waals surface area contributed by atoms with Gasteiger partial charge in [0.2, 0.25) is 5.91 Å². The monoisotopic (exact) mass is 263 g/mol. The van der Waals surface area contributed by atoms with Crippen LogP contribution in [0.1, 0.15) is 31.7 Å². The number of nitrogens with zero attached hydrogens (tertiary/aromatic N) is 1. The molecule has 0 radical (unpaired) electrons. The van der Waals surface area contributed by atoms with Gasteiger partial charge in [-0.2, -0.15) is 0 Å². The van der Waals surface area contributed by atoms with Gasteiger partial charge in [-0.05, 0) is 37.6 Å². The number of ether oxygens (including phenoxy) is 1. The zero-order valence-electron chi connectivity index (χ0n) is 11.0. The number of aliphatic carboxylic acids is 1. The second kappa shape index (κ2) is 5.30. The summed E-state index contributed by atoms with van der Waals surface area (Å²) in [5, 5.41) is 8.73. The molecular formula is C14H17NO4. The van der Waals surface area contributed by atoms with Gasteiger partial charge < -0.3 is 14.7 Å². The molecule has 0 saturated heterocycles. The Balaban J connectivity index is 2.27. The zero-order chi connectivity index (χ0) is 14.0. The maximum absolute atomic E-state index is 12.1. The molecule has 1 aliphatic heterocycles. The highest BCUT2D eigenvalue weighted by atomic mass is 16.5. The maximum Gasteiger partial charge on any atom is 0.305 e. The average Bonchev–Trinajstić information content (AvgIpc) is 2.61. The topological polar surface area (TPSA) is 66.8 Å². The second-order valence-corrected chi connectivity index (χ2v) is 4.51. The lowest BCUT2D eigenvalue weighted by Crippen LogP contribution is -2.30. The van der Waals surface area contributed by atoms with Crippen molar-refractivity contribution in [3.63, 3.8) is 0 Å². The summed E-state index contributed by atoms with van der Waals surface area (Å²) in [5.41, 5.74) is 1.70. The summed E-state index contributed by atoms with van der Waals surface area (Å²) in [6.07, 6.45) is -0.0505. The Hall–Kier alpha value is -2.04. The molecule has 1 amide bonds. The first-order valence-electron chi connectivity index (χ1n) is 6.34. The molecule has 0 bridgehead atoms. The molecule has 0 fully saturated rings. The van der Waals surface area contributed by atoms with E-state index in [-0.39, 0.29) is 24.8 Å². The van der Waals surface area contributed by atoms with Gasteiger partial charge >= 0.3 is 5.97 Å². The smallest absolute Gasteiger partial charge is 0.305 e. The van der Waals surface area contributed by atoms with E-state index >= 15 is 0 Å². The fourth-order valence-corrected chi connectivity index (χ4v) is 2.31. The summed E-state index contributed by atoms with van der Waals surface area (Å²) >= 11 is 0. The molecule has 1 aromatic carbocycles. The minimum atomic E-state index is -0.903. The molecule has 0 spiro atoms. The first-order valence-corrected chi connectivity index (χ1v) is 6.34. The lowest BCUT2D eigenvalue weighted by Gasteiger charge is -2.16. The summed E-state index contributed by atoms with van der Waals surface area (Å²) in [5.74, 6) is -0.463. The molecule has 2 rings (SSSR count). The van der Waals surface area contributed by atoms with Crippen molar-refractivity contribution in [3.8, 4) is 5.75 Å². The molecule has 1 atom stereocenters. The molecule has 19 heavy (non-hydrogen) atoms. The fourth-order valence-electron chi connectivity index (χ4n) is 2.31. The SMILES string of the molecule is CCOc1ccc2c(c1)C(C)C(=O)N2CCC(=O)O. The van der Waals surface area contributed by atoms with Crippen LogP contribution in [0.15, 0.2) is 18.2 Å². The normalized spacial score (nSPS) is 17.5. The van der Waals surface area contributed by atoms with E-state index in [2.05, 4.69) is 0 Å². The van der Waals surface area contributed by atoms with Gasteiger partial charge in [0.25, 0.3) is 0 Å². The molecule has 0 saturated carbocycles. The van der Waals surface area contributed by atoms with Crippen molar-refractivity contribution in [2.24, 2.45) is 0 Å². The van der Waals surface area contributed by atoms with Crippen LogP contribution in [0, 0.1) is 0 Å². The van der Waals surface area contributed by atoms with Crippen molar-refractivity contribution in [2.75, 3.05) is 18.1 Å². The van der Waals surface area contributed by atoms with Crippen molar-refractivity contribution in [1.29, 1.82) is 0 Å². The second-order valence-electron chi connectivity index (χ2n) is 4.51. The quantitative estimate of drug-likeness (QED) is 0.882. The molecule has 5 heteroatoms. The molecule has 0 aliphatic carbocycles. The minimum absolute atomic E-state index is 0.0505. The minimum Gasteiger partial charge on any atom is -0.494 e. The van der Waals surface area contributed by atoms with Gasteiger partial charge in [0.1, 0.15) is 5.75 Å². The van der Waals surface area contributed by atoms with E-state index in [1.54, 1.807) is 11.0 Å². The molecular weight excluding hydrogens is 246 g/mol. The molecule has 1 unspecified atom stereocenters. The van der Waals surface area contributed by atoms with Crippen molar-refractivity contribution in [1.82, 2.24) is 0 Å².